The summed E-state index contributed by atoms with van der Waals surface area (Å²) in [7, 11) is 1.29. The second-order valence-corrected chi connectivity index (χ2v) is 5.49. The van der Waals surface area contributed by atoms with E-state index in [1.54, 1.807) is 24.3 Å². The standard InChI is InChI=1S/C19H17N3O4/c1-25-17(24)12-11-16(23)20-15-9-7-14(8-10-15)19-21-18(22-26-19)13-5-3-2-4-6-13/h2-10H,11-12H2,1H3,(H,20,23). The number of carbonyl (C=O) groups is 2. The van der Waals surface area contributed by atoms with Crippen LogP contribution in [0.5, 0.6) is 0 Å². The molecule has 0 aliphatic rings. The number of ether oxygens (including phenoxy) is 1. The molecule has 0 bridgehead atoms. The second kappa shape index (κ2) is 8.06. The van der Waals surface area contributed by atoms with Crippen LogP contribution in [0.15, 0.2) is 59.1 Å². The summed E-state index contributed by atoms with van der Waals surface area (Å²) in [5.41, 5.74) is 2.23. The molecule has 2 aromatic carbocycles. The first kappa shape index (κ1) is 17.3. The van der Waals surface area contributed by atoms with Gasteiger partial charge in [-0.05, 0) is 24.3 Å². The number of nitrogens with one attached hydrogen (secondary N) is 1. The highest BCUT2D eigenvalue weighted by Gasteiger charge is 2.11. The normalized spacial score (nSPS) is 10.3. The molecule has 132 valence electrons. The van der Waals surface area contributed by atoms with E-state index in [1.807, 2.05) is 30.3 Å². The van der Waals surface area contributed by atoms with Crippen molar-refractivity contribution in [2.45, 2.75) is 12.8 Å². The molecule has 0 saturated carbocycles. The van der Waals surface area contributed by atoms with Gasteiger partial charge in [-0.25, -0.2) is 0 Å². The molecule has 0 fully saturated rings. The predicted molar refractivity (Wildman–Crippen MR) is 95.0 cm³/mol. The van der Waals surface area contributed by atoms with Crippen LogP contribution in [0, 0.1) is 0 Å². The lowest BCUT2D eigenvalue weighted by Crippen LogP contribution is -2.13. The van der Waals surface area contributed by atoms with Crippen molar-refractivity contribution in [2.75, 3.05) is 12.4 Å². The average molecular weight is 351 g/mol. The van der Waals surface area contributed by atoms with Gasteiger partial charge in [-0.15, -0.1) is 0 Å². The van der Waals surface area contributed by atoms with E-state index in [2.05, 4.69) is 20.2 Å². The lowest BCUT2D eigenvalue weighted by molar-refractivity contribution is -0.141. The molecule has 26 heavy (non-hydrogen) atoms. The van der Waals surface area contributed by atoms with Crippen LogP contribution in [-0.4, -0.2) is 29.1 Å². The Bertz CT molecular complexity index is 889. The summed E-state index contributed by atoms with van der Waals surface area (Å²) in [4.78, 5) is 27.2. The molecule has 1 heterocycles. The van der Waals surface area contributed by atoms with Crippen molar-refractivity contribution < 1.29 is 18.8 Å². The minimum atomic E-state index is -0.416. The Labute approximate surface area is 150 Å². The summed E-state index contributed by atoms with van der Waals surface area (Å²) >= 11 is 0. The van der Waals surface area contributed by atoms with Crippen LogP contribution in [-0.2, 0) is 14.3 Å². The highest BCUT2D eigenvalue weighted by molar-refractivity contribution is 5.92. The second-order valence-electron chi connectivity index (χ2n) is 5.49. The Kier molecular flexibility index (Phi) is 5.38. The van der Waals surface area contributed by atoms with Crippen LogP contribution < -0.4 is 5.32 Å². The fourth-order valence-corrected chi connectivity index (χ4v) is 2.28. The third kappa shape index (κ3) is 4.32. The summed E-state index contributed by atoms with van der Waals surface area (Å²) in [5.74, 6) is 0.238. The molecule has 1 amide bonds. The van der Waals surface area contributed by atoms with Crippen LogP contribution in [0.25, 0.3) is 22.8 Å². The topological polar surface area (TPSA) is 94.3 Å². The van der Waals surface area contributed by atoms with E-state index in [1.165, 1.54) is 7.11 Å². The number of nitrogens with zero attached hydrogens (tertiary/aromatic N) is 2. The van der Waals surface area contributed by atoms with Crippen LogP contribution in [0.1, 0.15) is 12.8 Å². The molecular formula is C19H17N3O4. The lowest BCUT2D eigenvalue weighted by Gasteiger charge is -2.05. The molecular weight excluding hydrogens is 334 g/mol. The number of rotatable bonds is 6. The van der Waals surface area contributed by atoms with Gasteiger partial charge in [0.1, 0.15) is 0 Å². The maximum Gasteiger partial charge on any atom is 0.306 e. The molecule has 0 spiro atoms. The Morgan fingerprint density at radius 2 is 1.73 bits per heavy atom. The van der Waals surface area contributed by atoms with Crippen LogP contribution in [0.2, 0.25) is 0 Å². The fourth-order valence-electron chi connectivity index (χ4n) is 2.28. The van der Waals surface area contributed by atoms with Gasteiger partial charge in [0.25, 0.3) is 5.89 Å². The van der Waals surface area contributed by atoms with Crippen molar-refractivity contribution in [3.8, 4) is 22.8 Å². The van der Waals surface area contributed by atoms with E-state index in [0.717, 1.165) is 11.1 Å². The fraction of sp³-hybridized carbons (Fsp3) is 0.158. The van der Waals surface area contributed by atoms with E-state index in [-0.39, 0.29) is 18.7 Å². The minimum Gasteiger partial charge on any atom is -0.469 e. The number of esters is 1. The summed E-state index contributed by atoms with van der Waals surface area (Å²) in [6, 6.07) is 16.6. The molecule has 0 aliphatic heterocycles. The maximum atomic E-state index is 11.8. The van der Waals surface area contributed by atoms with Crippen molar-refractivity contribution >= 4 is 17.6 Å². The van der Waals surface area contributed by atoms with Crippen molar-refractivity contribution in [2.24, 2.45) is 0 Å². The third-order valence-electron chi connectivity index (χ3n) is 3.66. The SMILES string of the molecule is COC(=O)CCC(=O)Nc1ccc(-c2nc(-c3ccccc3)no2)cc1. The van der Waals surface area contributed by atoms with Gasteiger partial charge in [0.15, 0.2) is 0 Å². The minimum absolute atomic E-state index is 0.0463. The zero-order chi connectivity index (χ0) is 18.4. The van der Waals surface area contributed by atoms with Crippen molar-refractivity contribution in [3.05, 3.63) is 54.6 Å². The molecule has 0 saturated heterocycles. The van der Waals surface area contributed by atoms with E-state index in [4.69, 9.17) is 4.52 Å². The Morgan fingerprint density at radius 3 is 2.42 bits per heavy atom. The number of benzene rings is 2. The smallest absolute Gasteiger partial charge is 0.306 e. The van der Waals surface area contributed by atoms with Crippen molar-refractivity contribution in [1.29, 1.82) is 0 Å². The third-order valence-corrected chi connectivity index (χ3v) is 3.66. The zero-order valence-corrected chi connectivity index (χ0v) is 14.1. The Morgan fingerprint density at radius 1 is 1.00 bits per heavy atom. The highest BCUT2D eigenvalue weighted by Crippen LogP contribution is 2.23. The molecule has 3 rings (SSSR count). The first-order chi connectivity index (χ1) is 12.7. The Hall–Kier alpha value is -3.48. The van der Waals surface area contributed by atoms with E-state index < -0.39 is 5.97 Å². The molecule has 0 unspecified atom stereocenters. The molecule has 0 aliphatic carbocycles. The van der Waals surface area contributed by atoms with Gasteiger partial charge in [0, 0.05) is 23.2 Å². The number of methoxy groups -OCH3 is 1. The molecule has 7 nitrogen and oxygen atoms in total. The van der Waals surface area contributed by atoms with E-state index in [9.17, 15) is 9.59 Å². The summed E-state index contributed by atoms with van der Waals surface area (Å²) < 4.78 is 9.81. The number of anilines is 1. The van der Waals surface area contributed by atoms with E-state index >= 15 is 0 Å². The molecule has 1 N–H and O–H groups in total. The number of aromatic nitrogens is 2. The summed E-state index contributed by atoms with van der Waals surface area (Å²) in [5, 5.41) is 6.70. The monoisotopic (exact) mass is 351 g/mol. The average Bonchev–Trinajstić information content (AvgIpc) is 3.17. The van der Waals surface area contributed by atoms with Gasteiger partial charge in [-0.3, -0.25) is 9.59 Å². The van der Waals surface area contributed by atoms with Crippen LogP contribution in [0.3, 0.4) is 0 Å². The summed E-state index contributed by atoms with van der Waals surface area (Å²) in [6.45, 7) is 0. The van der Waals surface area contributed by atoms with Crippen LogP contribution >= 0.6 is 0 Å². The van der Waals surface area contributed by atoms with Gasteiger partial charge in [-0.2, -0.15) is 4.98 Å². The number of carbonyl (C=O) groups excluding carboxylic acids is 2. The van der Waals surface area contributed by atoms with Gasteiger partial charge in [0.05, 0.1) is 13.5 Å². The van der Waals surface area contributed by atoms with Crippen molar-refractivity contribution in [3.63, 3.8) is 0 Å². The number of amides is 1. The highest BCUT2D eigenvalue weighted by atomic mass is 16.5. The zero-order valence-electron chi connectivity index (χ0n) is 14.1. The van der Waals surface area contributed by atoms with Crippen LogP contribution in [0.4, 0.5) is 5.69 Å². The number of hydrogen-bond donors (Lipinski definition) is 1. The number of hydrogen-bond acceptors (Lipinski definition) is 6. The van der Waals surface area contributed by atoms with Gasteiger partial charge >= 0.3 is 5.97 Å². The molecule has 1 aromatic heterocycles. The quantitative estimate of drug-likeness (QED) is 0.685. The molecule has 0 atom stereocenters. The largest absolute Gasteiger partial charge is 0.469 e. The first-order valence-corrected chi connectivity index (χ1v) is 8.02. The molecule has 7 heteroatoms. The Balaban J connectivity index is 1.64. The first-order valence-electron chi connectivity index (χ1n) is 8.02. The van der Waals surface area contributed by atoms with E-state index in [0.29, 0.717) is 17.4 Å². The maximum absolute atomic E-state index is 11.8. The lowest BCUT2D eigenvalue weighted by atomic mass is 10.2. The van der Waals surface area contributed by atoms with Gasteiger partial charge in [-0.1, -0.05) is 35.5 Å². The van der Waals surface area contributed by atoms with Gasteiger partial charge < -0.3 is 14.6 Å². The summed E-state index contributed by atoms with van der Waals surface area (Å²) in [6.07, 6.45) is 0.114. The van der Waals surface area contributed by atoms with Gasteiger partial charge in [0.2, 0.25) is 11.7 Å². The predicted octanol–water partition coefficient (Wildman–Crippen LogP) is 3.30. The molecule has 3 aromatic rings. The molecule has 0 radical (unpaired) electrons. The van der Waals surface area contributed by atoms with Crippen molar-refractivity contribution in [1.82, 2.24) is 10.1 Å².